The van der Waals surface area contributed by atoms with E-state index in [1.165, 1.54) is 24.4 Å². The Morgan fingerprint density at radius 1 is 1.32 bits per heavy atom. The van der Waals surface area contributed by atoms with Crippen LogP contribution in [0.1, 0.15) is 10.4 Å². The Labute approximate surface area is 146 Å². The third kappa shape index (κ3) is 2.81. The number of urea groups is 2. The molecule has 2 aliphatic heterocycles. The molecule has 0 radical (unpaired) electrons. The molecule has 2 aliphatic rings. The number of nitriles is 1. The van der Waals surface area contributed by atoms with Crippen LogP contribution in [0.15, 0.2) is 29.3 Å². The van der Waals surface area contributed by atoms with E-state index in [0.29, 0.717) is 5.69 Å². The first-order valence-electron chi connectivity index (χ1n) is 6.52. The molecule has 5 N–H and O–H groups in total. The highest BCUT2D eigenvalue weighted by atomic mass is 35.5. The van der Waals surface area contributed by atoms with Crippen molar-refractivity contribution in [1.82, 2.24) is 20.9 Å². The fraction of sp³-hybridized carbons (Fsp3) is 0.0769. The number of carbonyl (C=O) groups excluding carboxylic acids is 4. The quantitative estimate of drug-likeness (QED) is 0.398. The minimum Gasteiger partial charge on any atom is -0.399 e. The van der Waals surface area contributed by atoms with Crippen molar-refractivity contribution >= 4 is 47.7 Å². The van der Waals surface area contributed by atoms with E-state index in [2.05, 4.69) is 20.9 Å². The molecule has 2 heterocycles. The van der Waals surface area contributed by atoms with Crippen molar-refractivity contribution in [3.8, 4) is 6.19 Å². The van der Waals surface area contributed by atoms with Gasteiger partial charge in [-0.25, -0.2) is 9.59 Å². The minimum absolute atomic E-state index is 0. The number of nitrogens with one attached hydrogen (secondary N) is 3. The number of carbonyl (C=O) groups is 4. The lowest BCUT2D eigenvalue weighted by Crippen LogP contribution is -2.78. The monoisotopic (exact) mass is 363 g/mol. The fourth-order valence-corrected chi connectivity index (χ4v) is 2.28. The van der Waals surface area contributed by atoms with Gasteiger partial charge in [0.25, 0.3) is 11.8 Å². The normalized spacial score (nSPS) is 21.2. The van der Waals surface area contributed by atoms with Gasteiger partial charge in [-0.3, -0.25) is 20.2 Å². The summed E-state index contributed by atoms with van der Waals surface area (Å²) in [7, 11) is 0. The molecule has 25 heavy (non-hydrogen) atoms. The number of hydrogen-bond donors (Lipinski definition) is 4. The van der Waals surface area contributed by atoms with Crippen LogP contribution >= 0.6 is 12.4 Å². The number of imide groups is 1. The number of aliphatic imine (C=N–C) groups is 1. The van der Waals surface area contributed by atoms with Crippen LogP contribution in [0.4, 0.5) is 15.3 Å². The Hall–Kier alpha value is -3.65. The molecule has 0 spiro atoms. The predicted molar refractivity (Wildman–Crippen MR) is 85.3 cm³/mol. The van der Waals surface area contributed by atoms with Gasteiger partial charge in [0.15, 0.2) is 11.9 Å². The van der Waals surface area contributed by atoms with Gasteiger partial charge >= 0.3 is 12.1 Å². The SMILES string of the molecule is Cl.N#CN1C(=O)NC2(NC(=O)c3cccc(N)c3)NC(=O)N=C2C1=O. The molecule has 1 aromatic rings. The molecule has 1 saturated heterocycles. The minimum atomic E-state index is -2.03. The van der Waals surface area contributed by atoms with Gasteiger partial charge in [-0.1, -0.05) is 6.07 Å². The number of hydrogen-bond acceptors (Lipinski definition) is 6. The largest absolute Gasteiger partial charge is 0.399 e. The van der Waals surface area contributed by atoms with Crippen LogP contribution in [0.25, 0.3) is 0 Å². The van der Waals surface area contributed by atoms with E-state index in [0.717, 1.165) is 0 Å². The molecule has 1 fully saturated rings. The van der Waals surface area contributed by atoms with Gasteiger partial charge in [-0.05, 0) is 18.2 Å². The molecule has 3 rings (SSSR count). The third-order valence-electron chi connectivity index (χ3n) is 3.32. The molecule has 6 amide bonds. The number of rotatable bonds is 2. The first-order valence-corrected chi connectivity index (χ1v) is 6.52. The molecule has 0 saturated carbocycles. The fourth-order valence-electron chi connectivity index (χ4n) is 2.28. The molecular formula is C13H10ClN7O4. The van der Waals surface area contributed by atoms with Crippen LogP contribution in [0.3, 0.4) is 0 Å². The number of anilines is 1. The van der Waals surface area contributed by atoms with Gasteiger partial charge in [0, 0.05) is 11.3 Å². The van der Waals surface area contributed by atoms with Gasteiger partial charge in [0.2, 0.25) is 5.79 Å². The second kappa shape index (κ2) is 6.10. The van der Waals surface area contributed by atoms with Crippen molar-refractivity contribution in [1.29, 1.82) is 5.26 Å². The first kappa shape index (κ1) is 17.7. The van der Waals surface area contributed by atoms with Crippen molar-refractivity contribution in [3.05, 3.63) is 29.8 Å². The average molecular weight is 364 g/mol. The molecule has 1 unspecified atom stereocenters. The van der Waals surface area contributed by atoms with E-state index in [9.17, 15) is 19.2 Å². The summed E-state index contributed by atoms with van der Waals surface area (Å²) < 4.78 is 0. The van der Waals surface area contributed by atoms with E-state index in [-0.39, 0.29) is 22.9 Å². The summed E-state index contributed by atoms with van der Waals surface area (Å²) in [6, 6.07) is 3.85. The van der Waals surface area contributed by atoms with Crippen LogP contribution in [0, 0.1) is 11.5 Å². The second-order valence-corrected chi connectivity index (χ2v) is 4.89. The molecular weight excluding hydrogens is 354 g/mol. The summed E-state index contributed by atoms with van der Waals surface area (Å²) in [5.74, 6) is -3.87. The molecule has 128 valence electrons. The summed E-state index contributed by atoms with van der Waals surface area (Å²) in [5, 5.41) is 15.5. The first-order chi connectivity index (χ1) is 11.4. The molecule has 0 aliphatic carbocycles. The second-order valence-electron chi connectivity index (χ2n) is 4.89. The highest BCUT2D eigenvalue weighted by molar-refractivity contribution is 6.49. The number of halogens is 1. The maximum Gasteiger partial charge on any atom is 0.345 e. The predicted octanol–water partition coefficient (Wildman–Crippen LogP) is -0.729. The van der Waals surface area contributed by atoms with Crippen molar-refractivity contribution in [2.24, 2.45) is 4.99 Å². The lowest BCUT2D eigenvalue weighted by Gasteiger charge is -2.36. The molecule has 0 aromatic heterocycles. The van der Waals surface area contributed by atoms with E-state index in [4.69, 9.17) is 11.0 Å². The third-order valence-corrected chi connectivity index (χ3v) is 3.32. The zero-order chi connectivity index (χ0) is 17.5. The lowest BCUT2D eigenvalue weighted by atomic mass is 10.1. The Bertz CT molecular complexity index is 877. The summed E-state index contributed by atoms with van der Waals surface area (Å²) in [6.45, 7) is 0. The number of fused-ring (bicyclic) bond motifs is 1. The van der Waals surface area contributed by atoms with Crippen LogP contribution in [0.5, 0.6) is 0 Å². The van der Waals surface area contributed by atoms with Crippen LogP contribution in [-0.2, 0) is 4.79 Å². The topological polar surface area (TPSA) is 170 Å². The van der Waals surface area contributed by atoms with E-state index in [1.54, 1.807) is 6.07 Å². The summed E-state index contributed by atoms with van der Waals surface area (Å²) >= 11 is 0. The maximum absolute atomic E-state index is 12.4. The van der Waals surface area contributed by atoms with Gasteiger partial charge in [-0.2, -0.15) is 15.2 Å². The summed E-state index contributed by atoms with van der Waals surface area (Å²) in [5.41, 5.74) is 5.53. The van der Waals surface area contributed by atoms with Gasteiger partial charge in [0.05, 0.1) is 0 Å². The Balaban J connectivity index is 0.00000225. The van der Waals surface area contributed by atoms with Crippen molar-refractivity contribution < 1.29 is 19.2 Å². The van der Waals surface area contributed by atoms with Crippen LogP contribution in [0.2, 0.25) is 0 Å². The molecule has 1 aromatic carbocycles. The van der Waals surface area contributed by atoms with Gasteiger partial charge in [-0.15, -0.1) is 12.4 Å². The summed E-state index contributed by atoms with van der Waals surface area (Å²) in [4.78, 5) is 51.5. The van der Waals surface area contributed by atoms with Crippen molar-refractivity contribution in [2.45, 2.75) is 5.79 Å². The number of nitrogens with two attached hydrogens (primary N) is 1. The molecule has 12 heteroatoms. The number of nitrogen functional groups attached to an aromatic ring is 1. The van der Waals surface area contributed by atoms with Crippen LogP contribution < -0.4 is 21.7 Å². The number of nitrogens with zero attached hydrogens (tertiary/aromatic N) is 3. The van der Waals surface area contributed by atoms with Gasteiger partial charge < -0.3 is 11.1 Å². The summed E-state index contributed by atoms with van der Waals surface area (Å²) in [6.07, 6.45) is 1.36. The van der Waals surface area contributed by atoms with E-state index in [1.807, 2.05) is 0 Å². The number of amides is 6. The smallest absolute Gasteiger partial charge is 0.345 e. The van der Waals surface area contributed by atoms with Crippen LogP contribution in [-0.4, -0.2) is 40.3 Å². The van der Waals surface area contributed by atoms with Crippen molar-refractivity contribution in [3.63, 3.8) is 0 Å². The molecule has 1 atom stereocenters. The lowest BCUT2D eigenvalue weighted by molar-refractivity contribution is -0.120. The van der Waals surface area contributed by atoms with E-state index >= 15 is 0 Å². The maximum atomic E-state index is 12.4. The zero-order valence-electron chi connectivity index (χ0n) is 12.3. The molecule has 11 nitrogen and oxygen atoms in total. The average Bonchev–Trinajstić information content (AvgIpc) is 2.83. The Morgan fingerprint density at radius 2 is 2.04 bits per heavy atom. The highest BCUT2D eigenvalue weighted by Gasteiger charge is 2.55. The molecule has 0 bridgehead atoms. The van der Waals surface area contributed by atoms with Crippen molar-refractivity contribution in [2.75, 3.05) is 5.73 Å². The van der Waals surface area contributed by atoms with Gasteiger partial charge in [0.1, 0.15) is 0 Å². The standard InChI is InChI=1S/C13H9N7O4.ClH/c14-5-20-10(22)8-13(19-12(20)24,18-11(23)16-8)17-9(21)6-2-1-3-7(15)4-6;/h1-4H,15H2,(H,17,21)(H,18,23)(H,19,24);1H. The van der Waals surface area contributed by atoms with E-state index < -0.39 is 35.4 Å². The Kier molecular flexibility index (Phi) is 4.32. The highest BCUT2D eigenvalue weighted by Crippen LogP contribution is 2.18. The number of benzene rings is 1. The Morgan fingerprint density at radius 3 is 2.68 bits per heavy atom. The zero-order valence-corrected chi connectivity index (χ0v) is 13.1.